The number of methoxy groups -OCH3 is 1. The first-order chi connectivity index (χ1) is 9.17. The van der Waals surface area contributed by atoms with E-state index in [4.69, 9.17) is 9.47 Å². The van der Waals surface area contributed by atoms with E-state index in [-0.39, 0.29) is 0 Å². The van der Waals surface area contributed by atoms with E-state index >= 15 is 0 Å². The number of nitrogens with one attached hydrogen (secondary N) is 1. The number of benzene rings is 1. The van der Waals surface area contributed by atoms with Gasteiger partial charge in [0.1, 0.15) is 0 Å². The molecule has 0 heterocycles. The Morgan fingerprint density at radius 2 is 2.05 bits per heavy atom. The van der Waals surface area contributed by atoms with Crippen LogP contribution in [0.25, 0.3) is 6.08 Å². The minimum Gasteiger partial charge on any atom is -0.493 e. The van der Waals surface area contributed by atoms with Crippen molar-refractivity contribution in [2.24, 2.45) is 5.92 Å². The molecule has 0 fully saturated rings. The molecule has 0 saturated heterocycles. The van der Waals surface area contributed by atoms with Crippen LogP contribution in [0.4, 0.5) is 0 Å². The normalized spacial score (nSPS) is 11.2. The van der Waals surface area contributed by atoms with Gasteiger partial charge in [0, 0.05) is 6.54 Å². The van der Waals surface area contributed by atoms with E-state index in [0.717, 1.165) is 30.2 Å². The molecular formula is C16H25NO2. The van der Waals surface area contributed by atoms with Crippen molar-refractivity contribution in [1.29, 1.82) is 0 Å². The second-order valence-corrected chi connectivity index (χ2v) is 4.80. The van der Waals surface area contributed by atoms with Gasteiger partial charge in [-0.2, -0.15) is 0 Å². The maximum atomic E-state index is 5.55. The van der Waals surface area contributed by atoms with E-state index in [9.17, 15) is 0 Å². The standard InChI is InChI=1S/C16H25NO2/c1-5-19-16-11-14(8-9-15(16)18-4)7-6-10-17-12-13(2)3/h6-9,11,13,17H,5,10,12H2,1-4H3. The smallest absolute Gasteiger partial charge is 0.161 e. The van der Waals surface area contributed by atoms with Gasteiger partial charge < -0.3 is 14.8 Å². The molecule has 0 aliphatic carbocycles. The van der Waals surface area contributed by atoms with E-state index in [1.54, 1.807) is 7.11 Å². The zero-order valence-corrected chi connectivity index (χ0v) is 12.4. The molecular weight excluding hydrogens is 238 g/mol. The van der Waals surface area contributed by atoms with Gasteiger partial charge in [-0.15, -0.1) is 0 Å². The number of rotatable bonds is 8. The summed E-state index contributed by atoms with van der Waals surface area (Å²) in [5.41, 5.74) is 1.12. The Balaban J connectivity index is 2.58. The number of ether oxygens (including phenoxy) is 2. The van der Waals surface area contributed by atoms with Gasteiger partial charge in [-0.25, -0.2) is 0 Å². The molecule has 106 valence electrons. The topological polar surface area (TPSA) is 30.5 Å². The maximum absolute atomic E-state index is 5.55. The molecule has 0 atom stereocenters. The number of hydrogen-bond acceptors (Lipinski definition) is 3. The molecule has 0 spiro atoms. The van der Waals surface area contributed by atoms with Crippen LogP contribution in [0.1, 0.15) is 26.3 Å². The van der Waals surface area contributed by atoms with Crippen LogP contribution >= 0.6 is 0 Å². The van der Waals surface area contributed by atoms with Crippen molar-refractivity contribution in [2.45, 2.75) is 20.8 Å². The van der Waals surface area contributed by atoms with Crippen molar-refractivity contribution in [3.05, 3.63) is 29.8 Å². The molecule has 0 aromatic heterocycles. The third-order valence-electron chi connectivity index (χ3n) is 2.61. The zero-order chi connectivity index (χ0) is 14.1. The highest BCUT2D eigenvalue weighted by Gasteiger charge is 2.03. The summed E-state index contributed by atoms with van der Waals surface area (Å²) >= 11 is 0. The van der Waals surface area contributed by atoms with Crippen LogP contribution in [0.5, 0.6) is 11.5 Å². The summed E-state index contributed by atoms with van der Waals surface area (Å²) in [6.45, 7) is 8.94. The molecule has 0 aliphatic rings. The molecule has 0 amide bonds. The van der Waals surface area contributed by atoms with Crippen LogP contribution < -0.4 is 14.8 Å². The lowest BCUT2D eigenvalue weighted by atomic mass is 10.2. The molecule has 3 heteroatoms. The Labute approximate surface area is 116 Å². The van der Waals surface area contributed by atoms with Gasteiger partial charge in [-0.05, 0) is 37.1 Å². The molecule has 1 aromatic carbocycles. The predicted octanol–water partition coefficient (Wildman–Crippen LogP) is 3.35. The van der Waals surface area contributed by atoms with Crippen LogP contribution in [0.3, 0.4) is 0 Å². The van der Waals surface area contributed by atoms with Crippen molar-refractivity contribution in [3.8, 4) is 11.5 Å². The molecule has 1 aromatic rings. The van der Waals surface area contributed by atoms with Crippen LogP contribution in [-0.4, -0.2) is 26.8 Å². The van der Waals surface area contributed by atoms with Crippen LogP contribution in [0, 0.1) is 5.92 Å². The first-order valence-corrected chi connectivity index (χ1v) is 6.85. The van der Waals surface area contributed by atoms with Crippen LogP contribution in [0.2, 0.25) is 0 Å². The quantitative estimate of drug-likeness (QED) is 0.730. The summed E-state index contributed by atoms with van der Waals surface area (Å²) in [7, 11) is 1.66. The molecule has 19 heavy (non-hydrogen) atoms. The first-order valence-electron chi connectivity index (χ1n) is 6.85. The van der Waals surface area contributed by atoms with Crippen LogP contribution in [-0.2, 0) is 0 Å². The monoisotopic (exact) mass is 263 g/mol. The predicted molar refractivity (Wildman–Crippen MR) is 80.9 cm³/mol. The summed E-state index contributed by atoms with van der Waals surface area (Å²) < 4.78 is 10.8. The lowest BCUT2D eigenvalue weighted by Crippen LogP contribution is -2.19. The molecule has 0 unspecified atom stereocenters. The van der Waals surface area contributed by atoms with E-state index in [0.29, 0.717) is 12.5 Å². The van der Waals surface area contributed by atoms with E-state index in [2.05, 4.69) is 31.3 Å². The van der Waals surface area contributed by atoms with E-state index in [1.165, 1.54) is 0 Å². The average molecular weight is 263 g/mol. The van der Waals surface area contributed by atoms with Gasteiger partial charge in [0.25, 0.3) is 0 Å². The van der Waals surface area contributed by atoms with E-state index < -0.39 is 0 Å². The first kappa shape index (κ1) is 15.6. The average Bonchev–Trinajstić information content (AvgIpc) is 2.39. The largest absolute Gasteiger partial charge is 0.493 e. The van der Waals surface area contributed by atoms with Gasteiger partial charge in [0.05, 0.1) is 13.7 Å². The fourth-order valence-electron chi connectivity index (χ4n) is 1.72. The van der Waals surface area contributed by atoms with Gasteiger partial charge in [0.2, 0.25) is 0 Å². The van der Waals surface area contributed by atoms with Crippen LogP contribution in [0.15, 0.2) is 24.3 Å². The van der Waals surface area contributed by atoms with Crippen molar-refractivity contribution in [2.75, 3.05) is 26.8 Å². The lowest BCUT2D eigenvalue weighted by Gasteiger charge is -2.09. The second kappa shape index (κ2) is 8.59. The van der Waals surface area contributed by atoms with Crippen molar-refractivity contribution >= 4 is 6.08 Å². The Kier molecular flexibility index (Phi) is 7.04. The Hall–Kier alpha value is -1.48. The lowest BCUT2D eigenvalue weighted by molar-refractivity contribution is 0.311. The van der Waals surface area contributed by atoms with Crippen molar-refractivity contribution < 1.29 is 9.47 Å². The summed E-state index contributed by atoms with van der Waals surface area (Å²) in [6, 6.07) is 5.97. The fourth-order valence-corrected chi connectivity index (χ4v) is 1.72. The molecule has 1 rings (SSSR count). The van der Waals surface area contributed by atoms with Gasteiger partial charge in [0.15, 0.2) is 11.5 Å². The van der Waals surface area contributed by atoms with E-state index in [1.807, 2.05) is 25.1 Å². The highest BCUT2D eigenvalue weighted by atomic mass is 16.5. The second-order valence-electron chi connectivity index (χ2n) is 4.80. The minimum absolute atomic E-state index is 0.638. The molecule has 3 nitrogen and oxygen atoms in total. The summed E-state index contributed by atoms with van der Waals surface area (Å²) in [6.07, 6.45) is 4.22. The van der Waals surface area contributed by atoms with Gasteiger partial charge >= 0.3 is 0 Å². The third kappa shape index (κ3) is 5.79. The third-order valence-corrected chi connectivity index (χ3v) is 2.61. The molecule has 0 radical (unpaired) electrons. The minimum atomic E-state index is 0.638. The van der Waals surface area contributed by atoms with Gasteiger partial charge in [-0.1, -0.05) is 32.1 Å². The fraction of sp³-hybridized carbons (Fsp3) is 0.500. The summed E-state index contributed by atoms with van der Waals surface area (Å²) in [5, 5.41) is 3.37. The summed E-state index contributed by atoms with van der Waals surface area (Å²) in [4.78, 5) is 0. The zero-order valence-electron chi connectivity index (χ0n) is 12.4. The number of hydrogen-bond donors (Lipinski definition) is 1. The Morgan fingerprint density at radius 3 is 2.68 bits per heavy atom. The highest BCUT2D eigenvalue weighted by molar-refractivity contribution is 5.56. The molecule has 1 N–H and O–H groups in total. The molecule has 0 bridgehead atoms. The van der Waals surface area contributed by atoms with Crippen molar-refractivity contribution in [1.82, 2.24) is 5.32 Å². The molecule has 0 aliphatic heterocycles. The molecule has 0 saturated carbocycles. The summed E-state index contributed by atoms with van der Waals surface area (Å²) in [5.74, 6) is 2.25. The van der Waals surface area contributed by atoms with Gasteiger partial charge in [-0.3, -0.25) is 0 Å². The van der Waals surface area contributed by atoms with Crippen molar-refractivity contribution in [3.63, 3.8) is 0 Å². The highest BCUT2D eigenvalue weighted by Crippen LogP contribution is 2.28. The maximum Gasteiger partial charge on any atom is 0.161 e. The Morgan fingerprint density at radius 1 is 1.26 bits per heavy atom. The Bertz CT molecular complexity index is 400. The SMILES string of the molecule is CCOc1cc(C=CCNCC(C)C)ccc1OC.